The first kappa shape index (κ1) is 18.7. The van der Waals surface area contributed by atoms with Gasteiger partial charge in [-0.2, -0.15) is 0 Å². The molecule has 0 unspecified atom stereocenters. The molecule has 0 spiro atoms. The number of aromatic nitrogens is 2. The summed E-state index contributed by atoms with van der Waals surface area (Å²) in [5.41, 5.74) is 3.89. The Morgan fingerprint density at radius 2 is 1.17 bits per heavy atom. The summed E-state index contributed by atoms with van der Waals surface area (Å²) in [4.78, 5) is 26.3. The minimum absolute atomic E-state index is 0.251. The fourth-order valence-electron chi connectivity index (χ4n) is 3.53. The molecule has 0 aliphatic heterocycles. The van der Waals surface area contributed by atoms with E-state index in [1.54, 1.807) is 10.6 Å². The Hall–Kier alpha value is -3.66. The lowest BCUT2D eigenvalue weighted by molar-refractivity contribution is 0.617. The zero-order chi connectivity index (χ0) is 20.2. The second-order valence-electron chi connectivity index (χ2n) is 7.11. The zero-order valence-electron chi connectivity index (χ0n) is 16.3. The Bertz CT molecular complexity index is 1240. The van der Waals surface area contributed by atoms with E-state index in [-0.39, 0.29) is 17.8 Å². The molecule has 29 heavy (non-hydrogen) atoms. The van der Waals surface area contributed by atoms with Crippen molar-refractivity contribution in [3.8, 4) is 11.3 Å². The molecule has 1 heterocycles. The normalized spacial score (nSPS) is 10.8. The van der Waals surface area contributed by atoms with Crippen molar-refractivity contribution in [1.82, 2.24) is 9.13 Å². The summed E-state index contributed by atoms with van der Waals surface area (Å²) >= 11 is 0. The molecule has 0 N–H and O–H groups in total. The maximum atomic E-state index is 13.4. The highest BCUT2D eigenvalue weighted by molar-refractivity contribution is 5.63. The summed E-state index contributed by atoms with van der Waals surface area (Å²) in [6.07, 6.45) is 0. The SMILES string of the molecule is Cc1ccccc1-c1cc(=O)n(Cc2ccccc2)c(=O)n1Cc1ccccc1. The van der Waals surface area contributed by atoms with Crippen molar-refractivity contribution in [1.29, 1.82) is 0 Å². The molecule has 0 amide bonds. The molecule has 0 saturated carbocycles. The van der Waals surface area contributed by atoms with E-state index >= 15 is 0 Å². The van der Waals surface area contributed by atoms with Gasteiger partial charge in [0, 0.05) is 11.6 Å². The number of rotatable bonds is 5. The van der Waals surface area contributed by atoms with Crippen LogP contribution < -0.4 is 11.2 Å². The number of hydrogen-bond donors (Lipinski definition) is 0. The van der Waals surface area contributed by atoms with Crippen LogP contribution >= 0.6 is 0 Å². The average molecular weight is 382 g/mol. The topological polar surface area (TPSA) is 44.0 Å². The lowest BCUT2D eigenvalue weighted by atomic mass is 10.0. The van der Waals surface area contributed by atoms with E-state index in [0.717, 1.165) is 22.3 Å². The van der Waals surface area contributed by atoms with Gasteiger partial charge in [0.2, 0.25) is 0 Å². The van der Waals surface area contributed by atoms with Crippen molar-refractivity contribution in [3.05, 3.63) is 129 Å². The van der Waals surface area contributed by atoms with E-state index in [1.165, 1.54) is 4.57 Å². The number of benzene rings is 3. The predicted molar refractivity (Wildman–Crippen MR) is 116 cm³/mol. The summed E-state index contributed by atoms with van der Waals surface area (Å²) in [7, 11) is 0. The molecule has 0 saturated heterocycles. The van der Waals surface area contributed by atoms with Crippen LogP contribution in [0.5, 0.6) is 0 Å². The summed E-state index contributed by atoms with van der Waals surface area (Å²) < 4.78 is 3.00. The fourth-order valence-corrected chi connectivity index (χ4v) is 3.53. The van der Waals surface area contributed by atoms with Crippen LogP contribution in [0.1, 0.15) is 16.7 Å². The third-order valence-corrected chi connectivity index (χ3v) is 5.07. The monoisotopic (exact) mass is 382 g/mol. The van der Waals surface area contributed by atoms with Gasteiger partial charge in [-0.3, -0.25) is 13.9 Å². The molecule has 4 aromatic rings. The Kier molecular flexibility index (Phi) is 5.25. The first-order valence-corrected chi connectivity index (χ1v) is 9.62. The molecule has 0 atom stereocenters. The van der Waals surface area contributed by atoms with Crippen LogP contribution in [-0.2, 0) is 13.1 Å². The first-order valence-electron chi connectivity index (χ1n) is 9.62. The van der Waals surface area contributed by atoms with Crippen molar-refractivity contribution in [3.63, 3.8) is 0 Å². The van der Waals surface area contributed by atoms with Gasteiger partial charge in [0.05, 0.1) is 18.8 Å². The van der Waals surface area contributed by atoms with Crippen LogP contribution in [0.3, 0.4) is 0 Å². The maximum absolute atomic E-state index is 13.4. The summed E-state index contributed by atoms with van der Waals surface area (Å²) in [5.74, 6) is 0. The van der Waals surface area contributed by atoms with E-state index in [1.807, 2.05) is 91.9 Å². The van der Waals surface area contributed by atoms with Gasteiger partial charge in [-0.25, -0.2) is 4.79 Å². The van der Waals surface area contributed by atoms with Gasteiger partial charge in [0.1, 0.15) is 0 Å². The third kappa shape index (κ3) is 3.97. The quantitative estimate of drug-likeness (QED) is 0.522. The van der Waals surface area contributed by atoms with E-state index in [0.29, 0.717) is 12.2 Å². The van der Waals surface area contributed by atoms with Crippen LogP contribution in [0.2, 0.25) is 0 Å². The van der Waals surface area contributed by atoms with Crippen LogP contribution in [0.15, 0.2) is 101 Å². The summed E-state index contributed by atoms with van der Waals surface area (Å²) in [6.45, 7) is 2.64. The highest BCUT2D eigenvalue weighted by atomic mass is 16.2. The molecule has 1 aromatic heterocycles. The summed E-state index contributed by atoms with van der Waals surface area (Å²) in [6, 6.07) is 28.8. The largest absolute Gasteiger partial charge is 0.332 e. The zero-order valence-corrected chi connectivity index (χ0v) is 16.3. The molecule has 4 heteroatoms. The smallest absolute Gasteiger partial charge is 0.289 e. The Morgan fingerprint density at radius 1 is 0.655 bits per heavy atom. The van der Waals surface area contributed by atoms with Gasteiger partial charge in [0.15, 0.2) is 0 Å². The molecule has 4 nitrogen and oxygen atoms in total. The predicted octanol–water partition coefficient (Wildman–Crippen LogP) is 4.08. The Morgan fingerprint density at radius 3 is 1.76 bits per heavy atom. The van der Waals surface area contributed by atoms with Crippen LogP contribution in [0.4, 0.5) is 0 Å². The van der Waals surface area contributed by atoms with Crippen molar-refractivity contribution < 1.29 is 0 Å². The van der Waals surface area contributed by atoms with Gasteiger partial charge in [-0.1, -0.05) is 84.9 Å². The van der Waals surface area contributed by atoms with Crippen molar-refractivity contribution >= 4 is 0 Å². The Balaban J connectivity index is 1.90. The number of aryl methyl sites for hydroxylation is 1. The third-order valence-electron chi connectivity index (χ3n) is 5.07. The van der Waals surface area contributed by atoms with Gasteiger partial charge < -0.3 is 0 Å². The van der Waals surface area contributed by atoms with E-state index in [4.69, 9.17) is 0 Å². The minimum atomic E-state index is -0.302. The molecule has 0 aliphatic carbocycles. The van der Waals surface area contributed by atoms with Gasteiger partial charge in [-0.15, -0.1) is 0 Å². The molecule has 144 valence electrons. The summed E-state index contributed by atoms with van der Waals surface area (Å²) in [5, 5.41) is 0. The number of nitrogens with zero attached hydrogens (tertiary/aromatic N) is 2. The molecule has 0 bridgehead atoms. The first-order chi connectivity index (χ1) is 14.1. The van der Waals surface area contributed by atoms with Crippen LogP contribution in [0, 0.1) is 6.92 Å². The molecule has 4 rings (SSSR count). The van der Waals surface area contributed by atoms with Crippen LogP contribution in [-0.4, -0.2) is 9.13 Å². The fraction of sp³-hybridized carbons (Fsp3) is 0.120. The molecule has 0 fully saturated rings. The van der Waals surface area contributed by atoms with Gasteiger partial charge in [0.25, 0.3) is 5.56 Å². The van der Waals surface area contributed by atoms with Gasteiger partial charge in [-0.05, 0) is 23.6 Å². The second-order valence-corrected chi connectivity index (χ2v) is 7.11. The second kappa shape index (κ2) is 8.15. The van der Waals surface area contributed by atoms with Gasteiger partial charge >= 0.3 is 5.69 Å². The lowest BCUT2D eigenvalue weighted by Gasteiger charge is -2.17. The Labute approximate surface area is 169 Å². The molecule has 0 radical (unpaired) electrons. The van der Waals surface area contributed by atoms with Crippen molar-refractivity contribution in [2.45, 2.75) is 20.0 Å². The van der Waals surface area contributed by atoms with E-state index in [2.05, 4.69) is 0 Å². The average Bonchev–Trinajstić information content (AvgIpc) is 2.75. The standard InChI is InChI=1S/C25H22N2O2/c1-19-10-8-9-15-22(19)23-16-24(28)27(18-21-13-6-3-7-14-21)25(29)26(23)17-20-11-4-2-5-12-20/h2-16H,17-18H2,1H3. The van der Waals surface area contributed by atoms with Crippen LogP contribution in [0.25, 0.3) is 11.3 Å². The van der Waals surface area contributed by atoms with E-state index < -0.39 is 0 Å². The molecular formula is C25H22N2O2. The lowest BCUT2D eigenvalue weighted by Crippen LogP contribution is -2.40. The highest BCUT2D eigenvalue weighted by Gasteiger charge is 2.15. The molecule has 0 aliphatic rings. The highest BCUT2D eigenvalue weighted by Crippen LogP contribution is 2.21. The van der Waals surface area contributed by atoms with E-state index in [9.17, 15) is 9.59 Å². The molecular weight excluding hydrogens is 360 g/mol. The number of hydrogen-bond acceptors (Lipinski definition) is 2. The van der Waals surface area contributed by atoms with Crippen molar-refractivity contribution in [2.75, 3.05) is 0 Å². The van der Waals surface area contributed by atoms with Crippen molar-refractivity contribution in [2.24, 2.45) is 0 Å². The molecule has 3 aromatic carbocycles. The maximum Gasteiger partial charge on any atom is 0.332 e. The minimum Gasteiger partial charge on any atom is -0.289 e.